The van der Waals surface area contributed by atoms with E-state index in [0.29, 0.717) is 17.1 Å². The molecule has 0 bridgehead atoms. The maximum Gasteiger partial charge on any atom is 0.258 e. The van der Waals surface area contributed by atoms with Crippen LogP contribution in [0.15, 0.2) is 60.9 Å². The number of anilines is 2. The van der Waals surface area contributed by atoms with Crippen LogP contribution in [0.25, 0.3) is 11.3 Å². The Bertz CT molecular complexity index is 857. The van der Waals surface area contributed by atoms with Crippen molar-refractivity contribution < 1.29 is 4.79 Å². The normalized spacial score (nSPS) is 10.4. The second-order valence-corrected chi connectivity index (χ2v) is 5.61. The third-order valence-corrected chi connectivity index (χ3v) is 3.80. The largest absolute Gasteiger partial charge is 0.382 e. The lowest BCUT2D eigenvalue weighted by molar-refractivity contribution is 0.0993. The lowest BCUT2D eigenvalue weighted by atomic mass is 10.1. The molecule has 5 heteroatoms. The summed E-state index contributed by atoms with van der Waals surface area (Å²) in [5, 5.41) is 0. The number of benzene rings is 2. The topological polar surface area (TPSA) is 72.1 Å². The van der Waals surface area contributed by atoms with Crippen molar-refractivity contribution >= 4 is 17.4 Å². The Morgan fingerprint density at radius 3 is 2.46 bits per heavy atom. The second-order valence-electron chi connectivity index (χ2n) is 5.61. The van der Waals surface area contributed by atoms with E-state index in [2.05, 4.69) is 9.97 Å². The molecule has 3 aromatic rings. The first kappa shape index (κ1) is 15.7. The number of nitrogens with zero attached hydrogens (tertiary/aromatic N) is 3. The van der Waals surface area contributed by atoms with Gasteiger partial charge in [0.25, 0.3) is 5.91 Å². The molecule has 2 aromatic carbocycles. The Balaban J connectivity index is 1.89. The van der Waals surface area contributed by atoms with Gasteiger partial charge in [-0.1, -0.05) is 29.8 Å². The summed E-state index contributed by atoms with van der Waals surface area (Å²) in [6.45, 7) is 2.02. The average molecular weight is 318 g/mol. The van der Waals surface area contributed by atoms with Gasteiger partial charge >= 0.3 is 0 Å². The minimum absolute atomic E-state index is 0.0795. The van der Waals surface area contributed by atoms with Gasteiger partial charge in [-0.2, -0.15) is 0 Å². The van der Waals surface area contributed by atoms with E-state index in [9.17, 15) is 4.79 Å². The fraction of sp³-hybridized carbons (Fsp3) is 0.105. The van der Waals surface area contributed by atoms with Gasteiger partial charge in [-0.15, -0.1) is 0 Å². The maximum absolute atomic E-state index is 12.7. The second kappa shape index (κ2) is 6.50. The van der Waals surface area contributed by atoms with Crippen LogP contribution in [0.2, 0.25) is 0 Å². The van der Waals surface area contributed by atoms with Gasteiger partial charge in [0.15, 0.2) is 0 Å². The molecule has 0 atom stereocenters. The first-order valence-corrected chi connectivity index (χ1v) is 7.57. The van der Waals surface area contributed by atoms with Crippen LogP contribution in [0.3, 0.4) is 0 Å². The predicted molar refractivity (Wildman–Crippen MR) is 95.8 cm³/mol. The molecule has 0 saturated heterocycles. The molecule has 120 valence electrons. The highest BCUT2D eigenvalue weighted by Crippen LogP contribution is 2.21. The summed E-state index contributed by atoms with van der Waals surface area (Å²) >= 11 is 0. The Morgan fingerprint density at radius 2 is 1.79 bits per heavy atom. The number of aromatic nitrogens is 2. The fourth-order valence-corrected chi connectivity index (χ4v) is 2.38. The lowest BCUT2D eigenvalue weighted by Crippen LogP contribution is -2.26. The zero-order chi connectivity index (χ0) is 17.1. The maximum atomic E-state index is 12.7. The number of rotatable bonds is 3. The summed E-state index contributed by atoms with van der Waals surface area (Å²) in [6.07, 6.45) is 3.10. The van der Waals surface area contributed by atoms with Gasteiger partial charge in [-0.25, -0.2) is 4.98 Å². The first-order valence-electron chi connectivity index (χ1n) is 7.57. The Morgan fingerprint density at radius 1 is 1.04 bits per heavy atom. The van der Waals surface area contributed by atoms with Crippen LogP contribution in [0.4, 0.5) is 11.5 Å². The van der Waals surface area contributed by atoms with Crippen molar-refractivity contribution in [3.8, 4) is 11.3 Å². The monoisotopic (exact) mass is 318 g/mol. The van der Waals surface area contributed by atoms with Crippen LogP contribution >= 0.6 is 0 Å². The Kier molecular flexibility index (Phi) is 4.24. The molecular formula is C19H18N4O. The molecule has 0 aliphatic heterocycles. The average Bonchev–Trinajstić information content (AvgIpc) is 2.62. The Hall–Kier alpha value is -3.21. The third-order valence-electron chi connectivity index (χ3n) is 3.80. The summed E-state index contributed by atoms with van der Waals surface area (Å²) < 4.78 is 0. The van der Waals surface area contributed by atoms with Crippen LogP contribution in [-0.2, 0) is 0 Å². The highest BCUT2D eigenvalue weighted by atomic mass is 16.2. The van der Waals surface area contributed by atoms with E-state index in [1.54, 1.807) is 24.2 Å². The van der Waals surface area contributed by atoms with Crippen LogP contribution in [0.5, 0.6) is 0 Å². The molecule has 1 heterocycles. The van der Waals surface area contributed by atoms with E-state index in [1.165, 1.54) is 6.20 Å². The Labute approximate surface area is 140 Å². The number of carbonyl (C=O) groups excluding carboxylic acids is 1. The number of hydrogen-bond acceptors (Lipinski definition) is 4. The van der Waals surface area contributed by atoms with Crippen molar-refractivity contribution in [1.82, 2.24) is 9.97 Å². The molecule has 3 rings (SSSR count). The molecule has 1 amide bonds. The van der Waals surface area contributed by atoms with Gasteiger partial charge in [0.1, 0.15) is 5.82 Å². The van der Waals surface area contributed by atoms with Gasteiger partial charge < -0.3 is 10.6 Å². The number of amides is 1. The van der Waals surface area contributed by atoms with Crippen LogP contribution in [-0.4, -0.2) is 22.9 Å². The highest BCUT2D eigenvalue weighted by molar-refractivity contribution is 6.06. The van der Waals surface area contributed by atoms with E-state index < -0.39 is 0 Å². The molecule has 0 aliphatic rings. The van der Waals surface area contributed by atoms with Gasteiger partial charge in [-0.05, 0) is 31.2 Å². The van der Waals surface area contributed by atoms with Gasteiger partial charge in [-0.3, -0.25) is 9.78 Å². The molecule has 1 aromatic heterocycles. The molecule has 0 radical (unpaired) electrons. The van der Waals surface area contributed by atoms with Gasteiger partial charge in [0, 0.05) is 23.9 Å². The summed E-state index contributed by atoms with van der Waals surface area (Å²) in [5.74, 6) is 0.286. The zero-order valence-corrected chi connectivity index (χ0v) is 13.6. The number of hydrogen-bond donors (Lipinski definition) is 1. The predicted octanol–water partition coefficient (Wildman–Crippen LogP) is 3.31. The molecule has 0 saturated carbocycles. The smallest absolute Gasteiger partial charge is 0.258 e. The number of aryl methyl sites for hydroxylation is 1. The summed E-state index contributed by atoms with van der Waals surface area (Å²) in [4.78, 5) is 22.7. The van der Waals surface area contributed by atoms with Crippen molar-refractivity contribution in [2.24, 2.45) is 0 Å². The number of carbonyl (C=O) groups is 1. The van der Waals surface area contributed by atoms with E-state index in [1.807, 2.05) is 49.4 Å². The minimum atomic E-state index is -0.0795. The van der Waals surface area contributed by atoms with Gasteiger partial charge in [0.05, 0.1) is 18.1 Å². The molecular weight excluding hydrogens is 300 g/mol. The summed E-state index contributed by atoms with van der Waals surface area (Å²) in [5.41, 5.74) is 9.66. The fourth-order valence-electron chi connectivity index (χ4n) is 2.38. The molecule has 24 heavy (non-hydrogen) atoms. The molecule has 5 nitrogen and oxygen atoms in total. The molecule has 2 N–H and O–H groups in total. The number of nitrogen functional groups attached to an aromatic ring is 1. The zero-order valence-electron chi connectivity index (χ0n) is 13.6. The molecule has 0 aliphatic carbocycles. The number of nitrogens with two attached hydrogens (primary N) is 1. The SMILES string of the molecule is Cc1ccc(N(C)C(=O)c2cccc(-c3cnc(N)cn3)c2)cc1. The highest BCUT2D eigenvalue weighted by Gasteiger charge is 2.14. The van der Waals surface area contributed by atoms with Crippen molar-refractivity contribution in [2.45, 2.75) is 6.92 Å². The van der Waals surface area contributed by atoms with Crippen LogP contribution < -0.4 is 10.6 Å². The van der Waals surface area contributed by atoms with Crippen LogP contribution in [0.1, 0.15) is 15.9 Å². The van der Waals surface area contributed by atoms with Gasteiger partial charge in [0.2, 0.25) is 0 Å². The summed E-state index contributed by atoms with van der Waals surface area (Å²) in [6, 6.07) is 15.2. The van der Waals surface area contributed by atoms with Crippen molar-refractivity contribution in [2.75, 3.05) is 17.7 Å². The van der Waals surface area contributed by atoms with E-state index in [-0.39, 0.29) is 5.91 Å². The quantitative estimate of drug-likeness (QED) is 0.804. The third kappa shape index (κ3) is 3.25. The van der Waals surface area contributed by atoms with E-state index in [0.717, 1.165) is 16.8 Å². The molecule has 0 spiro atoms. The molecule has 0 unspecified atom stereocenters. The molecule has 0 fully saturated rings. The van der Waals surface area contributed by atoms with Crippen molar-refractivity contribution in [1.29, 1.82) is 0 Å². The van der Waals surface area contributed by atoms with E-state index >= 15 is 0 Å². The summed E-state index contributed by atoms with van der Waals surface area (Å²) in [7, 11) is 1.77. The first-order chi connectivity index (χ1) is 11.5. The van der Waals surface area contributed by atoms with Crippen molar-refractivity contribution in [3.63, 3.8) is 0 Å². The van der Waals surface area contributed by atoms with E-state index in [4.69, 9.17) is 5.73 Å². The standard InChI is InChI=1S/C19H18N4O/c1-13-6-8-16(9-7-13)23(2)19(24)15-5-3-4-14(10-15)17-11-22-18(20)12-21-17/h3-12H,1-2H3,(H2,20,22). The minimum Gasteiger partial charge on any atom is -0.382 e. The van der Waals surface area contributed by atoms with Crippen LogP contribution in [0, 0.1) is 6.92 Å². The lowest BCUT2D eigenvalue weighted by Gasteiger charge is -2.18. The van der Waals surface area contributed by atoms with Crippen molar-refractivity contribution in [3.05, 3.63) is 72.1 Å².